The minimum Gasteiger partial charge on any atom is -0.449 e. The third-order valence-corrected chi connectivity index (χ3v) is 11.1. The molecular weight excluding hydrogens is 661 g/mol. The fourth-order valence-electron chi connectivity index (χ4n) is 8.65. The van der Waals surface area contributed by atoms with Crippen LogP contribution >= 0.6 is 0 Å². The van der Waals surface area contributed by atoms with Gasteiger partial charge in [-0.2, -0.15) is 0 Å². The summed E-state index contributed by atoms with van der Waals surface area (Å²) in [6.07, 6.45) is 0. The Bertz CT molecular complexity index is 3340. The number of nitrogens with zero attached hydrogens (tertiary/aromatic N) is 2. The summed E-state index contributed by atoms with van der Waals surface area (Å²) in [6.45, 7) is 0. The van der Waals surface area contributed by atoms with Gasteiger partial charge < -0.3 is 18.6 Å². The van der Waals surface area contributed by atoms with E-state index in [9.17, 15) is 0 Å². The molecule has 9 aromatic carbocycles. The second-order valence-corrected chi connectivity index (χ2v) is 14.1. The Morgan fingerprint density at radius 3 is 1.70 bits per heavy atom. The van der Waals surface area contributed by atoms with Crippen molar-refractivity contribution in [2.24, 2.45) is 0 Å². The second kappa shape index (κ2) is 11.1. The van der Waals surface area contributed by atoms with Gasteiger partial charge in [0.2, 0.25) is 0 Å². The van der Waals surface area contributed by atoms with Crippen LogP contribution < -0.4 is 9.47 Å². The fraction of sp³-hybridized carbons (Fsp3) is 0. The molecule has 0 radical (unpaired) electrons. The van der Waals surface area contributed by atoms with Gasteiger partial charge in [-0.3, -0.25) is 0 Å². The quantitative estimate of drug-likeness (QED) is 0.185. The molecule has 2 aromatic heterocycles. The number of aromatic nitrogens is 2. The molecule has 252 valence electrons. The Kier molecular flexibility index (Phi) is 6.02. The molecule has 0 atom stereocenters. The van der Waals surface area contributed by atoms with E-state index in [2.05, 4.69) is 167 Å². The smallest absolute Gasteiger partial charge is 0.170 e. The molecule has 1 aliphatic heterocycles. The fourth-order valence-corrected chi connectivity index (χ4v) is 8.65. The first-order valence-electron chi connectivity index (χ1n) is 18.3. The van der Waals surface area contributed by atoms with Crippen LogP contribution in [0.4, 0.5) is 0 Å². The highest BCUT2D eigenvalue weighted by Gasteiger charge is 2.22. The van der Waals surface area contributed by atoms with Crippen LogP contribution in [0.2, 0.25) is 0 Å². The minimum absolute atomic E-state index is 0.716. The van der Waals surface area contributed by atoms with E-state index in [0.29, 0.717) is 5.75 Å². The van der Waals surface area contributed by atoms with E-state index >= 15 is 0 Å². The Balaban J connectivity index is 1.02. The maximum absolute atomic E-state index is 6.46. The lowest BCUT2D eigenvalue weighted by atomic mass is 10.0. The van der Waals surface area contributed by atoms with Crippen LogP contribution in [-0.4, -0.2) is 9.13 Å². The monoisotopic (exact) mass is 690 g/mol. The summed E-state index contributed by atoms with van der Waals surface area (Å²) in [4.78, 5) is 0. The van der Waals surface area contributed by atoms with Gasteiger partial charge in [0.05, 0.1) is 22.1 Å². The molecule has 12 rings (SSSR count). The van der Waals surface area contributed by atoms with Crippen molar-refractivity contribution in [2.75, 3.05) is 0 Å². The largest absolute Gasteiger partial charge is 0.449 e. The summed E-state index contributed by atoms with van der Waals surface area (Å²) in [7, 11) is 0. The van der Waals surface area contributed by atoms with Gasteiger partial charge in [-0.05, 0) is 112 Å². The summed E-state index contributed by atoms with van der Waals surface area (Å²) in [5.41, 5.74) is 9.20. The molecule has 0 bridgehead atoms. The van der Waals surface area contributed by atoms with E-state index in [1.54, 1.807) is 0 Å². The zero-order chi connectivity index (χ0) is 35.3. The normalized spacial score (nSPS) is 12.4. The highest BCUT2D eigenvalue weighted by atomic mass is 16.6. The average molecular weight is 691 g/mol. The molecule has 0 aliphatic carbocycles. The van der Waals surface area contributed by atoms with E-state index in [0.717, 1.165) is 56.0 Å². The number of fused-ring (bicyclic) bond motifs is 11. The van der Waals surface area contributed by atoms with Crippen molar-refractivity contribution in [2.45, 2.75) is 0 Å². The van der Waals surface area contributed by atoms with Crippen LogP contribution in [0.15, 0.2) is 182 Å². The molecule has 0 spiro atoms. The summed E-state index contributed by atoms with van der Waals surface area (Å²) in [6, 6.07) is 65.0. The molecule has 0 saturated carbocycles. The zero-order valence-corrected chi connectivity index (χ0v) is 29.0. The molecular formula is C50H30N2O2. The number of para-hydroxylation sites is 2. The van der Waals surface area contributed by atoms with E-state index < -0.39 is 0 Å². The Hall–Kier alpha value is -7.30. The highest BCUT2D eigenvalue weighted by Crippen LogP contribution is 2.48. The molecule has 0 saturated heterocycles. The van der Waals surface area contributed by atoms with E-state index in [-0.39, 0.29) is 0 Å². The Labute approximate surface area is 310 Å². The maximum Gasteiger partial charge on any atom is 0.170 e. The molecule has 0 N–H and O–H groups in total. The van der Waals surface area contributed by atoms with Crippen molar-refractivity contribution >= 4 is 65.2 Å². The third-order valence-electron chi connectivity index (χ3n) is 11.1. The Morgan fingerprint density at radius 1 is 0.296 bits per heavy atom. The van der Waals surface area contributed by atoms with Crippen molar-refractivity contribution in [3.63, 3.8) is 0 Å². The van der Waals surface area contributed by atoms with Crippen molar-refractivity contribution in [3.8, 4) is 45.5 Å². The molecule has 4 heteroatoms. The first-order valence-corrected chi connectivity index (χ1v) is 18.3. The lowest BCUT2D eigenvalue weighted by molar-refractivity contribution is 0.360. The van der Waals surface area contributed by atoms with Crippen LogP contribution in [0.25, 0.3) is 87.7 Å². The van der Waals surface area contributed by atoms with Crippen molar-refractivity contribution < 1.29 is 9.47 Å². The van der Waals surface area contributed by atoms with E-state index in [1.165, 1.54) is 48.9 Å². The first-order chi connectivity index (χ1) is 26.7. The SMILES string of the molecule is c1ccc(-n2c3ccc(-n4c5ccccc5c5cc(-c6ccc7c(c6)Oc6cc8ccccc8cc6O7)ccc54)cc3c3c4ccccc4ccc32)cc1. The maximum atomic E-state index is 6.46. The van der Waals surface area contributed by atoms with Gasteiger partial charge in [0.1, 0.15) is 0 Å². The second-order valence-electron chi connectivity index (χ2n) is 14.1. The minimum atomic E-state index is 0.716. The van der Waals surface area contributed by atoms with Crippen LogP contribution in [0.5, 0.6) is 23.0 Å². The van der Waals surface area contributed by atoms with Gasteiger partial charge in [0.15, 0.2) is 23.0 Å². The molecule has 54 heavy (non-hydrogen) atoms. The van der Waals surface area contributed by atoms with Crippen LogP contribution in [-0.2, 0) is 0 Å². The summed E-state index contributed by atoms with van der Waals surface area (Å²) < 4.78 is 17.6. The molecule has 0 fully saturated rings. The van der Waals surface area contributed by atoms with Gasteiger partial charge in [0.25, 0.3) is 0 Å². The van der Waals surface area contributed by atoms with Gasteiger partial charge in [-0.25, -0.2) is 0 Å². The highest BCUT2D eigenvalue weighted by molar-refractivity contribution is 6.22. The van der Waals surface area contributed by atoms with Crippen molar-refractivity contribution in [1.82, 2.24) is 9.13 Å². The van der Waals surface area contributed by atoms with Gasteiger partial charge in [-0.1, -0.05) is 103 Å². The molecule has 0 unspecified atom stereocenters. The standard InChI is InChI=1S/C50H30N2O2/c1-2-13-36(14-3-1)51-44-24-21-37(30-41(44)50-38-15-7-6-10-31(38)18-23-45(50)51)52-42-17-9-8-16-39(42)40-26-34(19-22-43(40)52)35-20-25-46-47(29-35)54-49-28-33-12-5-4-11-32(33)27-48(49)53-46/h1-30H. The van der Waals surface area contributed by atoms with Gasteiger partial charge >= 0.3 is 0 Å². The van der Waals surface area contributed by atoms with E-state index in [1.807, 2.05) is 24.3 Å². The van der Waals surface area contributed by atoms with Gasteiger partial charge in [-0.15, -0.1) is 0 Å². The average Bonchev–Trinajstić information content (AvgIpc) is 3.74. The molecule has 3 heterocycles. The van der Waals surface area contributed by atoms with Crippen LogP contribution in [0, 0.1) is 0 Å². The predicted molar refractivity (Wildman–Crippen MR) is 222 cm³/mol. The summed E-state index contributed by atoms with van der Waals surface area (Å²) in [5.74, 6) is 2.90. The van der Waals surface area contributed by atoms with E-state index in [4.69, 9.17) is 9.47 Å². The molecule has 1 aliphatic rings. The third kappa shape index (κ3) is 4.25. The zero-order valence-electron chi connectivity index (χ0n) is 29.0. The number of benzene rings is 9. The molecule has 4 nitrogen and oxygen atoms in total. The number of rotatable bonds is 3. The lowest BCUT2D eigenvalue weighted by Crippen LogP contribution is -1.99. The molecule has 11 aromatic rings. The Morgan fingerprint density at radius 2 is 0.870 bits per heavy atom. The predicted octanol–water partition coefficient (Wildman–Crippen LogP) is 13.8. The van der Waals surface area contributed by atoms with Crippen molar-refractivity contribution in [1.29, 1.82) is 0 Å². The van der Waals surface area contributed by atoms with Crippen LogP contribution in [0.1, 0.15) is 0 Å². The topological polar surface area (TPSA) is 28.3 Å². The number of hydrogen-bond acceptors (Lipinski definition) is 2. The van der Waals surface area contributed by atoms with Crippen LogP contribution in [0.3, 0.4) is 0 Å². The molecule has 0 amide bonds. The number of ether oxygens (including phenoxy) is 2. The van der Waals surface area contributed by atoms with Gasteiger partial charge in [0, 0.05) is 32.9 Å². The number of hydrogen-bond donors (Lipinski definition) is 0. The van der Waals surface area contributed by atoms with Crippen molar-refractivity contribution in [3.05, 3.63) is 182 Å². The summed E-state index contributed by atoms with van der Waals surface area (Å²) in [5, 5.41) is 9.66. The summed E-state index contributed by atoms with van der Waals surface area (Å²) >= 11 is 0. The first kappa shape index (κ1) is 29.3. The lowest BCUT2D eigenvalue weighted by Gasteiger charge is -2.22.